The van der Waals surface area contributed by atoms with E-state index in [0.717, 1.165) is 22.2 Å². The first-order valence-corrected chi connectivity index (χ1v) is 9.77. The number of nitrogens with one attached hydrogen (secondary N) is 1. The Morgan fingerprint density at radius 3 is 2.50 bits per heavy atom. The van der Waals surface area contributed by atoms with E-state index in [4.69, 9.17) is 4.42 Å². The third-order valence-electron chi connectivity index (χ3n) is 4.26. The van der Waals surface area contributed by atoms with E-state index in [2.05, 4.69) is 5.32 Å². The number of thioether (sulfide) groups is 1. The van der Waals surface area contributed by atoms with E-state index in [1.165, 1.54) is 30.3 Å². The summed E-state index contributed by atoms with van der Waals surface area (Å²) in [5.74, 6) is -0.501. The lowest BCUT2D eigenvalue weighted by atomic mass is 10.2. The van der Waals surface area contributed by atoms with Gasteiger partial charge in [-0.2, -0.15) is 0 Å². The zero-order valence-electron chi connectivity index (χ0n) is 15.5. The summed E-state index contributed by atoms with van der Waals surface area (Å²) in [5, 5.41) is 1.98. The molecule has 1 aromatic heterocycles. The largest absolute Gasteiger partial charge is 0.457 e. The predicted molar refractivity (Wildman–Crippen MR) is 112 cm³/mol. The number of nitrogens with zero attached hydrogens (tertiary/aromatic N) is 1. The van der Waals surface area contributed by atoms with Crippen LogP contribution in [0.3, 0.4) is 0 Å². The van der Waals surface area contributed by atoms with Crippen LogP contribution in [-0.2, 0) is 9.59 Å². The number of imide groups is 1. The second-order valence-corrected chi connectivity index (χ2v) is 7.38. The maximum Gasteiger partial charge on any atom is 0.294 e. The van der Waals surface area contributed by atoms with Crippen LogP contribution < -0.4 is 5.32 Å². The fraction of sp³-hybridized carbons (Fsp3) is 0.0455. The summed E-state index contributed by atoms with van der Waals surface area (Å²) in [6, 6.07) is 18.1. The molecule has 2 aromatic carbocycles. The fourth-order valence-electron chi connectivity index (χ4n) is 2.83. The third-order valence-corrected chi connectivity index (χ3v) is 5.17. The number of carbonyl (C=O) groups is 3. The Morgan fingerprint density at radius 1 is 1.03 bits per heavy atom. The Balaban J connectivity index is 1.44. The van der Waals surface area contributed by atoms with Crippen molar-refractivity contribution in [3.05, 3.63) is 83.2 Å². The van der Waals surface area contributed by atoms with Gasteiger partial charge in [0.2, 0.25) is 5.91 Å². The van der Waals surface area contributed by atoms with Crippen molar-refractivity contribution in [2.45, 2.75) is 0 Å². The molecule has 2 heterocycles. The molecule has 1 saturated heterocycles. The smallest absolute Gasteiger partial charge is 0.294 e. The maximum absolute atomic E-state index is 12.9. The Hall–Kier alpha value is -3.65. The van der Waals surface area contributed by atoms with Crippen LogP contribution in [0.25, 0.3) is 17.4 Å². The molecule has 4 rings (SSSR count). The lowest BCUT2D eigenvalue weighted by molar-refractivity contribution is -0.127. The second-order valence-electron chi connectivity index (χ2n) is 6.39. The molecule has 30 heavy (non-hydrogen) atoms. The van der Waals surface area contributed by atoms with E-state index in [1.807, 2.05) is 30.3 Å². The highest BCUT2D eigenvalue weighted by molar-refractivity contribution is 8.18. The Labute approximate surface area is 175 Å². The fourth-order valence-corrected chi connectivity index (χ4v) is 3.65. The molecule has 3 aromatic rings. The number of rotatable bonds is 5. The van der Waals surface area contributed by atoms with Crippen molar-refractivity contribution in [2.24, 2.45) is 0 Å². The number of anilines is 1. The molecule has 150 valence electrons. The first kappa shape index (κ1) is 19.7. The van der Waals surface area contributed by atoms with Gasteiger partial charge in [-0.15, -0.1) is 0 Å². The SMILES string of the molecule is O=C(CN1C(=O)SC(=Cc2ccc(-c3ccccc3)o2)C1=O)Nc1ccc(F)cc1. The number of amides is 3. The number of carbonyl (C=O) groups excluding carboxylic acids is 3. The Morgan fingerprint density at radius 2 is 1.77 bits per heavy atom. The third kappa shape index (κ3) is 4.33. The molecule has 0 spiro atoms. The molecule has 0 radical (unpaired) electrons. The van der Waals surface area contributed by atoms with Gasteiger partial charge in [0.25, 0.3) is 11.1 Å². The minimum atomic E-state index is -0.572. The molecule has 3 amide bonds. The average Bonchev–Trinajstić information content (AvgIpc) is 3.31. The molecule has 0 saturated carbocycles. The molecule has 1 N–H and O–H groups in total. The molecule has 1 aliphatic heterocycles. The topological polar surface area (TPSA) is 79.6 Å². The molecular weight excluding hydrogens is 407 g/mol. The minimum absolute atomic E-state index is 0.170. The summed E-state index contributed by atoms with van der Waals surface area (Å²) in [5.41, 5.74) is 1.26. The summed E-state index contributed by atoms with van der Waals surface area (Å²) >= 11 is 0.741. The molecule has 0 bridgehead atoms. The van der Waals surface area contributed by atoms with E-state index < -0.39 is 29.4 Å². The molecule has 1 fully saturated rings. The van der Waals surface area contributed by atoms with Crippen molar-refractivity contribution in [2.75, 3.05) is 11.9 Å². The van der Waals surface area contributed by atoms with Gasteiger partial charge in [0.05, 0.1) is 4.91 Å². The summed E-state index contributed by atoms with van der Waals surface area (Å²) in [7, 11) is 0. The number of halogens is 1. The highest BCUT2D eigenvalue weighted by atomic mass is 32.2. The quantitative estimate of drug-likeness (QED) is 0.600. The zero-order chi connectivity index (χ0) is 21.1. The van der Waals surface area contributed by atoms with Gasteiger partial charge in [-0.1, -0.05) is 30.3 Å². The van der Waals surface area contributed by atoms with E-state index in [1.54, 1.807) is 12.1 Å². The van der Waals surface area contributed by atoms with Gasteiger partial charge >= 0.3 is 0 Å². The Bertz CT molecular complexity index is 1140. The van der Waals surface area contributed by atoms with Crippen LogP contribution in [0, 0.1) is 5.82 Å². The van der Waals surface area contributed by atoms with Crippen molar-refractivity contribution in [1.82, 2.24) is 4.90 Å². The van der Waals surface area contributed by atoms with E-state index in [-0.39, 0.29) is 4.91 Å². The number of furan rings is 1. The van der Waals surface area contributed by atoms with Crippen LogP contribution in [0.5, 0.6) is 0 Å². The minimum Gasteiger partial charge on any atom is -0.457 e. The Kier molecular flexibility index (Phi) is 5.49. The van der Waals surface area contributed by atoms with Crippen molar-refractivity contribution in [3.8, 4) is 11.3 Å². The summed E-state index contributed by atoms with van der Waals surface area (Å²) in [6.45, 7) is -0.438. The van der Waals surface area contributed by atoms with Gasteiger partial charge in [0.15, 0.2) is 0 Å². The van der Waals surface area contributed by atoms with E-state index in [9.17, 15) is 18.8 Å². The lowest BCUT2D eigenvalue weighted by Gasteiger charge is -2.12. The van der Waals surface area contributed by atoms with Crippen LogP contribution in [0.15, 0.2) is 76.1 Å². The predicted octanol–water partition coefficient (Wildman–Crippen LogP) is 4.76. The van der Waals surface area contributed by atoms with Crippen LogP contribution in [0.2, 0.25) is 0 Å². The first-order chi connectivity index (χ1) is 14.5. The molecule has 0 atom stereocenters. The molecule has 1 aliphatic rings. The normalized spacial score (nSPS) is 15.1. The first-order valence-electron chi connectivity index (χ1n) is 8.95. The monoisotopic (exact) mass is 422 g/mol. The molecule has 0 aliphatic carbocycles. The van der Waals surface area contributed by atoms with Crippen LogP contribution in [0.4, 0.5) is 14.9 Å². The molecule has 6 nitrogen and oxygen atoms in total. The molecule has 0 unspecified atom stereocenters. The second kappa shape index (κ2) is 8.38. The van der Waals surface area contributed by atoms with Crippen molar-refractivity contribution in [1.29, 1.82) is 0 Å². The zero-order valence-corrected chi connectivity index (χ0v) is 16.3. The maximum atomic E-state index is 12.9. The van der Waals surface area contributed by atoms with Gasteiger partial charge in [0, 0.05) is 17.3 Å². The number of hydrogen-bond donors (Lipinski definition) is 1. The van der Waals surface area contributed by atoms with Crippen molar-refractivity contribution in [3.63, 3.8) is 0 Å². The summed E-state index contributed by atoms with van der Waals surface area (Å²) in [4.78, 5) is 38.0. The van der Waals surface area contributed by atoms with Gasteiger partial charge in [-0.3, -0.25) is 19.3 Å². The number of hydrogen-bond acceptors (Lipinski definition) is 5. The average molecular weight is 422 g/mol. The lowest BCUT2D eigenvalue weighted by Crippen LogP contribution is -2.36. The van der Waals surface area contributed by atoms with Gasteiger partial charge in [0.1, 0.15) is 23.9 Å². The van der Waals surface area contributed by atoms with Crippen LogP contribution >= 0.6 is 11.8 Å². The summed E-state index contributed by atoms with van der Waals surface area (Å²) < 4.78 is 18.7. The highest BCUT2D eigenvalue weighted by Crippen LogP contribution is 2.33. The van der Waals surface area contributed by atoms with Crippen molar-refractivity contribution >= 4 is 40.6 Å². The highest BCUT2D eigenvalue weighted by Gasteiger charge is 2.36. The van der Waals surface area contributed by atoms with Crippen LogP contribution in [-0.4, -0.2) is 28.5 Å². The van der Waals surface area contributed by atoms with Gasteiger partial charge in [-0.05, 0) is 48.2 Å². The van der Waals surface area contributed by atoms with Crippen LogP contribution in [0.1, 0.15) is 5.76 Å². The van der Waals surface area contributed by atoms with Crippen molar-refractivity contribution < 1.29 is 23.2 Å². The number of benzene rings is 2. The van der Waals surface area contributed by atoms with E-state index in [0.29, 0.717) is 17.2 Å². The molecular formula is C22H15FN2O4S. The molecule has 8 heteroatoms. The van der Waals surface area contributed by atoms with E-state index >= 15 is 0 Å². The van der Waals surface area contributed by atoms with Gasteiger partial charge < -0.3 is 9.73 Å². The summed E-state index contributed by atoms with van der Waals surface area (Å²) in [6.07, 6.45) is 1.48. The standard InChI is InChI=1S/C22H15FN2O4S/c23-15-6-8-16(9-7-15)24-20(26)13-25-21(27)19(30-22(25)28)12-17-10-11-18(29-17)14-4-2-1-3-5-14/h1-12H,13H2,(H,24,26). The van der Waals surface area contributed by atoms with Gasteiger partial charge in [-0.25, -0.2) is 4.39 Å².